The molecule has 4 aliphatic rings. The SMILES string of the molecule is C=C1[C@@H](c2ccc(O)c(OC)c2)O[C@@H](c2ccc(OC)c(O)c2)[C@]12CC[C@]13O[C@@]1(C2)[C@@H](c1ccc(O)c(OC)c1)O[C@H]3c1ccc(O)c(OC)c1. The standard InChI is InChI=1S/C40H40O11/c1-21-34(22-6-10-26(41)31(17-22)46-3)49-35(23-9-13-30(45-2)29(44)16-23)38(21)14-15-39-36(24-7-11-27(42)32(18-24)47-4)50-37(40(39,20-38)51-39)25-8-12-28(43)33(19-25)48-5/h6-13,16-19,34-37,41-44H,1,14-15,20H2,2-5H3/t34-,35-,36-,37+,38-,39+,40-/m0/s1. The predicted octanol–water partition coefficient (Wildman–Crippen LogP) is 7.10. The number of benzene rings is 4. The molecule has 4 N–H and O–H groups in total. The zero-order chi connectivity index (χ0) is 35.9. The molecule has 11 nitrogen and oxygen atoms in total. The highest BCUT2D eigenvalue weighted by Crippen LogP contribution is 2.80. The summed E-state index contributed by atoms with van der Waals surface area (Å²) < 4.78 is 42.8. The topological polar surface area (TPSA) is 149 Å². The molecule has 3 heterocycles. The van der Waals surface area contributed by atoms with E-state index < -0.39 is 41.0 Å². The molecule has 4 fully saturated rings. The fourth-order valence-corrected chi connectivity index (χ4v) is 8.93. The van der Waals surface area contributed by atoms with Crippen molar-refractivity contribution in [2.24, 2.45) is 5.41 Å². The van der Waals surface area contributed by atoms with Gasteiger partial charge in [-0.05, 0) is 95.6 Å². The third kappa shape index (κ3) is 4.68. The van der Waals surface area contributed by atoms with Crippen molar-refractivity contribution < 1.29 is 53.6 Å². The first-order chi connectivity index (χ1) is 24.5. The van der Waals surface area contributed by atoms with Gasteiger partial charge in [0.15, 0.2) is 46.0 Å². The van der Waals surface area contributed by atoms with E-state index in [1.54, 1.807) is 54.6 Å². The first kappa shape index (κ1) is 33.1. The lowest BCUT2D eigenvalue weighted by molar-refractivity contribution is -0.0749. The molecule has 11 heteroatoms. The van der Waals surface area contributed by atoms with Gasteiger partial charge in [-0.15, -0.1) is 0 Å². The summed E-state index contributed by atoms with van der Waals surface area (Å²) in [6.07, 6.45) is -0.642. The highest BCUT2D eigenvalue weighted by atomic mass is 16.7. The Morgan fingerprint density at radius 3 is 1.59 bits per heavy atom. The van der Waals surface area contributed by atoms with Crippen LogP contribution >= 0.6 is 0 Å². The molecule has 1 saturated carbocycles. The number of ether oxygens (including phenoxy) is 7. The Balaban J connectivity index is 1.27. The predicted molar refractivity (Wildman–Crippen MR) is 184 cm³/mol. The van der Waals surface area contributed by atoms with Crippen molar-refractivity contribution in [1.82, 2.24) is 0 Å². The fourth-order valence-electron chi connectivity index (χ4n) is 8.93. The highest BCUT2D eigenvalue weighted by molar-refractivity contribution is 5.53. The van der Waals surface area contributed by atoms with Gasteiger partial charge in [0.25, 0.3) is 0 Å². The number of epoxide rings is 1. The lowest BCUT2D eigenvalue weighted by Crippen LogP contribution is -2.43. The second-order valence-corrected chi connectivity index (χ2v) is 13.8. The fraction of sp³-hybridized carbons (Fsp3) is 0.350. The van der Waals surface area contributed by atoms with Crippen LogP contribution in [0, 0.1) is 5.41 Å². The molecular weight excluding hydrogens is 656 g/mol. The number of hydrogen-bond donors (Lipinski definition) is 4. The minimum absolute atomic E-state index is 0.00350. The van der Waals surface area contributed by atoms with Crippen LogP contribution in [0.25, 0.3) is 0 Å². The molecule has 0 bridgehead atoms. The number of hydrogen-bond acceptors (Lipinski definition) is 11. The van der Waals surface area contributed by atoms with Crippen LogP contribution in [0.2, 0.25) is 0 Å². The molecule has 3 saturated heterocycles. The maximum atomic E-state index is 10.9. The lowest BCUT2D eigenvalue weighted by atomic mass is 9.57. The van der Waals surface area contributed by atoms with Crippen molar-refractivity contribution in [3.8, 4) is 46.0 Å². The molecule has 266 valence electrons. The van der Waals surface area contributed by atoms with Crippen LogP contribution in [0.5, 0.6) is 46.0 Å². The Kier molecular flexibility index (Phi) is 7.60. The molecule has 3 aliphatic heterocycles. The van der Waals surface area contributed by atoms with Crippen LogP contribution in [0.15, 0.2) is 84.9 Å². The molecule has 0 aromatic heterocycles. The summed E-state index contributed by atoms with van der Waals surface area (Å²) in [6, 6.07) is 20.8. The Labute approximate surface area is 295 Å². The average molecular weight is 697 g/mol. The van der Waals surface area contributed by atoms with Crippen LogP contribution in [0.1, 0.15) is 65.9 Å². The number of phenols is 4. The molecule has 1 spiro atoms. The second kappa shape index (κ2) is 11.7. The maximum Gasteiger partial charge on any atom is 0.160 e. The summed E-state index contributed by atoms with van der Waals surface area (Å²) in [5, 5.41) is 42.2. The molecule has 1 aliphatic carbocycles. The molecule has 4 aromatic rings. The van der Waals surface area contributed by atoms with Crippen LogP contribution in [-0.4, -0.2) is 60.1 Å². The van der Waals surface area contributed by atoms with E-state index in [1.165, 1.54) is 28.4 Å². The molecule has 7 atom stereocenters. The zero-order valence-corrected chi connectivity index (χ0v) is 28.7. The monoisotopic (exact) mass is 696 g/mol. The molecule has 51 heavy (non-hydrogen) atoms. The molecular formula is C40H40O11. The van der Waals surface area contributed by atoms with Crippen LogP contribution in [0.3, 0.4) is 0 Å². The van der Waals surface area contributed by atoms with E-state index in [0.717, 1.165) is 27.8 Å². The van der Waals surface area contributed by atoms with E-state index in [-0.39, 0.29) is 23.0 Å². The molecule has 0 unspecified atom stereocenters. The quantitative estimate of drug-likeness (QED) is 0.110. The van der Waals surface area contributed by atoms with Crippen molar-refractivity contribution >= 4 is 0 Å². The summed E-state index contributed by atoms with van der Waals surface area (Å²) in [4.78, 5) is 0. The molecule has 0 radical (unpaired) electrons. The highest BCUT2D eigenvalue weighted by Gasteiger charge is 2.86. The van der Waals surface area contributed by atoms with Gasteiger partial charge in [0.2, 0.25) is 0 Å². The summed E-state index contributed by atoms with van der Waals surface area (Å²) in [5.41, 5.74) is 1.56. The van der Waals surface area contributed by atoms with E-state index in [2.05, 4.69) is 0 Å². The van der Waals surface area contributed by atoms with Crippen molar-refractivity contribution in [1.29, 1.82) is 0 Å². The van der Waals surface area contributed by atoms with Gasteiger partial charge in [0, 0.05) is 5.41 Å². The largest absolute Gasteiger partial charge is 0.504 e. The summed E-state index contributed by atoms with van der Waals surface area (Å²) in [5.74, 6) is 1.30. The van der Waals surface area contributed by atoms with Crippen molar-refractivity contribution in [3.63, 3.8) is 0 Å². The first-order valence-corrected chi connectivity index (χ1v) is 16.7. The van der Waals surface area contributed by atoms with Crippen LogP contribution in [0.4, 0.5) is 0 Å². The Bertz CT molecular complexity index is 2050. The average Bonchev–Trinajstić information content (AvgIpc) is 3.63. The number of rotatable bonds is 8. The Morgan fingerprint density at radius 2 is 1.04 bits per heavy atom. The minimum Gasteiger partial charge on any atom is -0.504 e. The number of methoxy groups -OCH3 is 4. The molecule has 4 aromatic carbocycles. The summed E-state index contributed by atoms with van der Waals surface area (Å²) in [7, 11) is 6.00. The van der Waals surface area contributed by atoms with E-state index in [1.807, 2.05) is 18.2 Å². The number of aromatic hydroxyl groups is 4. The van der Waals surface area contributed by atoms with Gasteiger partial charge >= 0.3 is 0 Å². The third-order valence-electron chi connectivity index (χ3n) is 11.4. The van der Waals surface area contributed by atoms with Gasteiger partial charge in [-0.2, -0.15) is 0 Å². The van der Waals surface area contributed by atoms with Crippen LogP contribution in [-0.2, 0) is 14.2 Å². The minimum atomic E-state index is -0.871. The van der Waals surface area contributed by atoms with Crippen molar-refractivity contribution in [2.75, 3.05) is 28.4 Å². The molecule has 0 amide bonds. The lowest BCUT2D eigenvalue weighted by Gasteiger charge is -2.42. The van der Waals surface area contributed by atoms with Crippen LogP contribution < -0.4 is 18.9 Å². The molecule has 8 rings (SSSR count). The van der Waals surface area contributed by atoms with Gasteiger partial charge < -0.3 is 53.6 Å². The normalized spacial score (nSPS) is 30.5. The van der Waals surface area contributed by atoms with Gasteiger partial charge in [0.05, 0.1) is 34.5 Å². The second-order valence-electron chi connectivity index (χ2n) is 13.8. The van der Waals surface area contributed by atoms with E-state index >= 15 is 0 Å². The van der Waals surface area contributed by atoms with Crippen molar-refractivity contribution in [3.05, 3.63) is 107 Å². The van der Waals surface area contributed by atoms with Gasteiger partial charge in [-0.3, -0.25) is 0 Å². The summed E-state index contributed by atoms with van der Waals surface area (Å²) >= 11 is 0. The number of phenolic OH excluding ortho intramolecular Hbond substituents is 4. The Morgan fingerprint density at radius 1 is 0.549 bits per heavy atom. The third-order valence-corrected chi connectivity index (χ3v) is 11.4. The first-order valence-electron chi connectivity index (χ1n) is 16.7. The smallest absolute Gasteiger partial charge is 0.160 e. The van der Waals surface area contributed by atoms with E-state index in [0.29, 0.717) is 42.3 Å². The van der Waals surface area contributed by atoms with Gasteiger partial charge in [0.1, 0.15) is 29.5 Å². The van der Waals surface area contributed by atoms with E-state index in [4.69, 9.17) is 39.7 Å². The maximum absolute atomic E-state index is 10.9. The summed E-state index contributed by atoms with van der Waals surface area (Å²) in [6.45, 7) is 4.70. The zero-order valence-electron chi connectivity index (χ0n) is 28.7. The van der Waals surface area contributed by atoms with Gasteiger partial charge in [-0.25, -0.2) is 0 Å². The van der Waals surface area contributed by atoms with E-state index in [9.17, 15) is 20.4 Å². The van der Waals surface area contributed by atoms with Crippen molar-refractivity contribution in [2.45, 2.75) is 54.9 Å². The van der Waals surface area contributed by atoms with Gasteiger partial charge in [-0.1, -0.05) is 30.8 Å². The Hall–Kier alpha value is -5.10.